The van der Waals surface area contributed by atoms with Crippen LogP contribution < -0.4 is 15.2 Å². The summed E-state index contributed by atoms with van der Waals surface area (Å²) < 4.78 is 29.0. The molecule has 0 aromatic heterocycles. The van der Waals surface area contributed by atoms with Crippen molar-refractivity contribution in [1.29, 1.82) is 0 Å². The Bertz CT molecular complexity index is 400. The molecule has 0 spiro atoms. The van der Waals surface area contributed by atoms with Crippen molar-refractivity contribution < 1.29 is 8.42 Å². The summed E-state index contributed by atoms with van der Waals surface area (Å²) in [7, 11) is -1.60. The van der Waals surface area contributed by atoms with Crippen molar-refractivity contribution in [3.05, 3.63) is 0 Å². The van der Waals surface area contributed by atoms with Crippen molar-refractivity contribution in [2.45, 2.75) is 38.3 Å². The normalized spacial score (nSPS) is 21.1. The molecule has 0 saturated carbocycles. The maximum absolute atomic E-state index is 11.9. The van der Waals surface area contributed by atoms with E-state index in [1.165, 1.54) is 0 Å². The standard InChI is InChI=1S/C10H22N4O2S2/c1-8(2)12-18(15,16)13-10(9(11)17)4-6-14(3)7-5-10/h8,12-13H,4-7H2,1-3H3,(H2,11,17). The van der Waals surface area contributed by atoms with E-state index in [1.807, 2.05) is 7.05 Å². The first-order chi connectivity index (χ1) is 8.17. The van der Waals surface area contributed by atoms with Crippen molar-refractivity contribution in [3.8, 4) is 0 Å². The van der Waals surface area contributed by atoms with Crippen LogP contribution in [0.25, 0.3) is 0 Å². The van der Waals surface area contributed by atoms with Crippen LogP contribution in [0.1, 0.15) is 26.7 Å². The molecule has 0 unspecified atom stereocenters. The Hall–Kier alpha value is -0.280. The van der Waals surface area contributed by atoms with Crippen LogP contribution >= 0.6 is 12.2 Å². The fourth-order valence-corrected chi connectivity index (χ4v) is 3.82. The number of thiocarbonyl (C=S) groups is 1. The molecule has 18 heavy (non-hydrogen) atoms. The predicted molar refractivity (Wildman–Crippen MR) is 76.6 cm³/mol. The quantitative estimate of drug-likeness (QED) is 0.599. The van der Waals surface area contributed by atoms with Crippen LogP contribution in [0.2, 0.25) is 0 Å². The lowest BCUT2D eigenvalue weighted by molar-refractivity contribution is 0.220. The lowest BCUT2D eigenvalue weighted by Gasteiger charge is -2.40. The molecule has 0 aromatic carbocycles. The molecule has 1 rings (SSSR count). The zero-order valence-corrected chi connectivity index (χ0v) is 12.7. The van der Waals surface area contributed by atoms with E-state index in [2.05, 4.69) is 14.3 Å². The summed E-state index contributed by atoms with van der Waals surface area (Å²) in [6.07, 6.45) is 1.19. The second-order valence-corrected chi connectivity index (χ2v) is 7.01. The second-order valence-electron chi connectivity index (χ2n) is 5.13. The molecule has 4 N–H and O–H groups in total. The number of nitrogens with two attached hydrogens (primary N) is 1. The summed E-state index contributed by atoms with van der Waals surface area (Å²) in [5.74, 6) is 0. The zero-order valence-electron chi connectivity index (χ0n) is 11.1. The van der Waals surface area contributed by atoms with Crippen LogP contribution in [-0.2, 0) is 10.2 Å². The maximum Gasteiger partial charge on any atom is 0.278 e. The predicted octanol–water partition coefficient (Wildman–Crippen LogP) is -0.431. The number of nitrogens with zero attached hydrogens (tertiary/aromatic N) is 1. The molecule has 0 atom stereocenters. The zero-order chi connectivity index (χ0) is 14.0. The molecule has 8 heteroatoms. The van der Waals surface area contributed by atoms with Gasteiger partial charge in [-0.15, -0.1) is 0 Å². The third-order valence-corrected chi connectivity index (χ3v) is 4.86. The van der Waals surface area contributed by atoms with Crippen LogP contribution in [0.5, 0.6) is 0 Å². The molecule has 1 fully saturated rings. The first kappa shape index (κ1) is 15.8. The molecular weight excluding hydrogens is 272 g/mol. The number of hydrogen-bond donors (Lipinski definition) is 3. The minimum atomic E-state index is -3.59. The van der Waals surface area contributed by atoms with E-state index >= 15 is 0 Å². The van der Waals surface area contributed by atoms with Crippen LogP contribution in [0.3, 0.4) is 0 Å². The van der Waals surface area contributed by atoms with Gasteiger partial charge in [-0.2, -0.15) is 17.9 Å². The van der Waals surface area contributed by atoms with Gasteiger partial charge in [0, 0.05) is 19.1 Å². The first-order valence-electron chi connectivity index (χ1n) is 5.96. The lowest BCUT2D eigenvalue weighted by atomic mass is 9.89. The van der Waals surface area contributed by atoms with Gasteiger partial charge in [-0.3, -0.25) is 0 Å². The fourth-order valence-electron chi connectivity index (χ4n) is 2.00. The fraction of sp³-hybridized carbons (Fsp3) is 0.900. The summed E-state index contributed by atoms with van der Waals surface area (Å²) in [6.45, 7) is 5.06. The molecule has 6 nitrogen and oxygen atoms in total. The summed E-state index contributed by atoms with van der Waals surface area (Å²) >= 11 is 5.05. The van der Waals surface area contributed by atoms with Gasteiger partial charge in [0.1, 0.15) is 0 Å². The monoisotopic (exact) mass is 294 g/mol. The Morgan fingerprint density at radius 1 is 1.39 bits per heavy atom. The minimum Gasteiger partial charge on any atom is -0.392 e. The van der Waals surface area contributed by atoms with E-state index in [1.54, 1.807) is 13.8 Å². The Morgan fingerprint density at radius 3 is 2.28 bits per heavy atom. The van der Waals surface area contributed by atoms with E-state index in [9.17, 15) is 8.42 Å². The van der Waals surface area contributed by atoms with Gasteiger partial charge in [0.25, 0.3) is 10.2 Å². The molecule has 106 valence electrons. The number of piperidine rings is 1. The molecule has 0 bridgehead atoms. The molecule has 1 aliphatic heterocycles. The number of hydrogen-bond acceptors (Lipinski definition) is 4. The van der Waals surface area contributed by atoms with Crippen molar-refractivity contribution >= 4 is 27.4 Å². The largest absolute Gasteiger partial charge is 0.392 e. The molecule has 1 saturated heterocycles. The molecule has 1 aliphatic rings. The molecular formula is C10H22N4O2S2. The van der Waals surface area contributed by atoms with Gasteiger partial charge < -0.3 is 10.6 Å². The van der Waals surface area contributed by atoms with Crippen LogP contribution in [0.15, 0.2) is 0 Å². The van der Waals surface area contributed by atoms with Gasteiger partial charge in [0.05, 0.1) is 10.5 Å². The third kappa shape index (κ3) is 4.13. The van der Waals surface area contributed by atoms with E-state index in [0.29, 0.717) is 12.8 Å². The van der Waals surface area contributed by atoms with Crippen molar-refractivity contribution in [1.82, 2.24) is 14.3 Å². The Kier molecular flexibility index (Phi) is 5.07. The summed E-state index contributed by atoms with van der Waals surface area (Å²) in [6, 6.07) is -0.169. The highest BCUT2D eigenvalue weighted by Gasteiger charge is 2.40. The average molecular weight is 294 g/mol. The van der Waals surface area contributed by atoms with Gasteiger partial charge in [-0.05, 0) is 33.7 Å². The van der Waals surface area contributed by atoms with E-state index < -0.39 is 15.7 Å². The number of nitrogens with one attached hydrogen (secondary N) is 2. The molecule has 1 heterocycles. The van der Waals surface area contributed by atoms with Gasteiger partial charge in [0.15, 0.2) is 0 Å². The second kappa shape index (κ2) is 5.79. The van der Waals surface area contributed by atoms with Crippen molar-refractivity contribution in [2.24, 2.45) is 5.73 Å². The maximum atomic E-state index is 11.9. The van der Waals surface area contributed by atoms with Crippen molar-refractivity contribution in [3.63, 3.8) is 0 Å². The number of rotatable bonds is 5. The summed E-state index contributed by atoms with van der Waals surface area (Å²) in [5, 5.41) is 0. The highest BCUT2D eigenvalue weighted by molar-refractivity contribution is 7.87. The van der Waals surface area contributed by atoms with Crippen molar-refractivity contribution in [2.75, 3.05) is 20.1 Å². The van der Waals surface area contributed by atoms with Crippen LogP contribution in [0.4, 0.5) is 0 Å². The van der Waals surface area contributed by atoms with Gasteiger partial charge in [-0.1, -0.05) is 12.2 Å². The molecule has 0 radical (unpaired) electrons. The molecule has 0 aromatic rings. The summed E-state index contributed by atoms with van der Waals surface area (Å²) in [5.41, 5.74) is 4.94. The van der Waals surface area contributed by atoms with E-state index in [4.69, 9.17) is 18.0 Å². The summed E-state index contributed by atoms with van der Waals surface area (Å²) in [4.78, 5) is 2.34. The van der Waals surface area contributed by atoms with Gasteiger partial charge in [0.2, 0.25) is 0 Å². The van der Waals surface area contributed by atoms with Crippen LogP contribution in [0, 0.1) is 0 Å². The smallest absolute Gasteiger partial charge is 0.278 e. The Balaban J connectivity index is 2.85. The highest BCUT2D eigenvalue weighted by atomic mass is 32.2. The van der Waals surface area contributed by atoms with Gasteiger partial charge >= 0.3 is 0 Å². The highest BCUT2D eigenvalue weighted by Crippen LogP contribution is 2.23. The van der Waals surface area contributed by atoms with Gasteiger partial charge in [-0.25, -0.2) is 0 Å². The molecule has 0 aliphatic carbocycles. The Morgan fingerprint density at radius 2 is 1.89 bits per heavy atom. The van der Waals surface area contributed by atoms with E-state index in [0.717, 1.165) is 13.1 Å². The molecule has 0 amide bonds. The average Bonchev–Trinajstić information content (AvgIpc) is 2.19. The SMILES string of the molecule is CC(C)NS(=O)(=O)NC1(C(N)=S)CCN(C)CC1. The first-order valence-corrected chi connectivity index (χ1v) is 7.86. The Labute approximate surface area is 114 Å². The van der Waals surface area contributed by atoms with E-state index in [-0.39, 0.29) is 11.0 Å². The minimum absolute atomic E-state index is 0.169. The number of likely N-dealkylation sites (tertiary alicyclic amines) is 1. The van der Waals surface area contributed by atoms with Crippen LogP contribution in [-0.4, -0.2) is 50.0 Å². The third-order valence-electron chi connectivity index (χ3n) is 3.03. The topological polar surface area (TPSA) is 87.5 Å². The lowest BCUT2D eigenvalue weighted by Crippen LogP contribution is -2.63.